The topological polar surface area (TPSA) is 38.3 Å². The number of ether oxygens (including phenoxy) is 1. The maximum absolute atomic E-state index is 12.4. The number of anilines is 1. The molecule has 0 aliphatic rings. The minimum Gasteiger partial charge on any atom is -0.480 e. The van der Waals surface area contributed by atoms with Crippen molar-refractivity contribution in [1.82, 2.24) is 0 Å². The molecule has 0 aliphatic heterocycles. The third kappa shape index (κ3) is 4.10. The van der Waals surface area contributed by atoms with Crippen molar-refractivity contribution in [2.75, 3.05) is 5.32 Å². The predicted octanol–water partition coefficient (Wildman–Crippen LogP) is 4.86. The lowest BCUT2D eigenvalue weighted by Gasteiger charge is -2.18. The number of hydrogen-bond donors (Lipinski definition) is 1. The van der Waals surface area contributed by atoms with Gasteiger partial charge in [-0.15, -0.1) is 0 Å². The highest BCUT2D eigenvalue weighted by Gasteiger charge is 2.19. The number of rotatable bonds is 5. The van der Waals surface area contributed by atoms with Crippen LogP contribution in [0.1, 0.15) is 24.5 Å². The molecule has 1 N–H and O–H groups in total. The standard InChI is InChI=1S/C18H20BrNO2/c1-4-16(22-17-8-6-5-7-12(17)2)18(21)20-14-9-10-15(19)13(3)11-14/h5-11,16H,4H2,1-3H3,(H,20,21)/t16-/m0/s1. The molecule has 0 heterocycles. The van der Waals surface area contributed by atoms with Crippen molar-refractivity contribution >= 4 is 27.5 Å². The molecule has 4 heteroatoms. The minimum atomic E-state index is -0.509. The van der Waals surface area contributed by atoms with Crippen molar-refractivity contribution in [1.29, 1.82) is 0 Å². The molecule has 0 saturated heterocycles. The lowest BCUT2D eigenvalue weighted by atomic mass is 10.2. The molecule has 0 spiro atoms. The molecule has 3 nitrogen and oxygen atoms in total. The third-order valence-corrected chi connectivity index (χ3v) is 4.34. The summed E-state index contributed by atoms with van der Waals surface area (Å²) in [7, 11) is 0. The van der Waals surface area contributed by atoms with Crippen molar-refractivity contribution in [2.45, 2.75) is 33.3 Å². The second-order valence-corrected chi connectivity index (χ2v) is 6.09. The van der Waals surface area contributed by atoms with Crippen molar-refractivity contribution in [3.05, 3.63) is 58.1 Å². The molecule has 2 aromatic rings. The van der Waals surface area contributed by atoms with Crippen LogP contribution in [-0.4, -0.2) is 12.0 Å². The predicted molar refractivity (Wildman–Crippen MR) is 93.4 cm³/mol. The molecule has 0 saturated carbocycles. The Bertz CT molecular complexity index is 670. The molecule has 0 aromatic heterocycles. The summed E-state index contributed by atoms with van der Waals surface area (Å²) in [5.41, 5.74) is 2.87. The van der Waals surface area contributed by atoms with E-state index in [-0.39, 0.29) is 5.91 Å². The quantitative estimate of drug-likeness (QED) is 0.825. The van der Waals surface area contributed by atoms with Crippen LogP contribution in [-0.2, 0) is 4.79 Å². The molecule has 0 aliphatic carbocycles. The van der Waals surface area contributed by atoms with Crippen LogP contribution in [0.2, 0.25) is 0 Å². The Morgan fingerprint density at radius 2 is 1.91 bits per heavy atom. The van der Waals surface area contributed by atoms with Gasteiger partial charge in [0, 0.05) is 10.2 Å². The summed E-state index contributed by atoms with van der Waals surface area (Å²) in [5.74, 6) is 0.615. The lowest BCUT2D eigenvalue weighted by molar-refractivity contribution is -0.122. The number of hydrogen-bond acceptors (Lipinski definition) is 2. The maximum atomic E-state index is 12.4. The molecule has 22 heavy (non-hydrogen) atoms. The van der Waals surface area contributed by atoms with Crippen LogP contribution < -0.4 is 10.1 Å². The number of carbonyl (C=O) groups is 1. The fraction of sp³-hybridized carbons (Fsp3) is 0.278. The smallest absolute Gasteiger partial charge is 0.265 e. The highest BCUT2D eigenvalue weighted by Crippen LogP contribution is 2.22. The summed E-state index contributed by atoms with van der Waals surface area (Å²) in [6, 6.07) is 13.4. The van der Waals surface area contributed by atoms with Gasteiger partial charge in [0.2, 0.25) is 0 Å². The van der Waals surface area contributed by atoms with Gasteiger partial charge in [-0.1, -0.05) is 41.1 Å². The summed E-state index contributed by atoms with van der Waals surface area (Å²) in [5, 5.41) is 2.92. The summed E-state index contributed by atoms with van der Waals surface area (Å²) in [6.07, 6.45) is 0.0976. The van der Waals surface area contributed by atoms with Gasteiger partial charge in [-0.25, -0.2) is 0 Å². The number of benzene rings is 2. The summed E-state index contributed by atoms with van der Waals surface area (Å²) in [4.78, 5) is 12.4. The number of carbonyl (C=O) groups excluding carboxylic acids is 1. The first-order valence-electron chi connectivity index (χ1n) is 7.30. The van der Waals surface area contributed by atoms with Crippen molar-refractivity contribution < 1.29 is 9.53 Å². The van der Waals surface area contributed by atoms with Gasteiger partial charge in [-0.05, 0) is 55.7 Å². The average molecular weight is 362 g/mol. The Balaban J connectivity index is 2.08. The Kier molecular flexibility index (Phi) is 5.61. The zero-order chi connectivity index (χ0) is 16.1. The summed E-state index contributed by atoms with van der Waals surface area (Å²) < 4.78 is 6.88. The van der Waals surface area contributed by atoms with E-state index >= 15 is 0 Å². The van der Waals surface area contributed by atoms with E-state index in [1.165, 1.54) is 0 Å². The van der Waals surface area contributed by atoms with E-state index in [1.54, 1.807) is 0 Å². The fourth-order valence-corrected chi connectivity index (χ4v) is 2.36. The highest BCUT2D eigenvalue weighted by atomic mass is 79.9. The van der Waals surface area contributed by atoms with Crippen LogP contribution in [0.25, 0.3) is 0 Å². The van der Waals surface area contributed by atoms with E-state index in [9.17, 15) is 4.79 Å². The van der Waals surface area contributed by atoms with E-state index in [0.717, 1.165) is 27.0 Å². The van der Waals surface area contributed by atoms with Crippen LogP contribution in [0, 0.1) is 13.8 Å². The van der Waals surface area contributed by atoms with E-state index in [2.05, 4.69) is 21.2 Å². The fourth-order valence-electron chi connectivity index (χ4n) is 2.11. The first-order chi connectivity index (χ1) is 10.5. The van der Waals surface area contributed by atoms with E-state index in [0.29, 0.717) is 6.42 Å². The second kappa shape index (κ2) is 7.45. The first kappa shape index (κ1) is 16.6. The Labute approximate surface area is 139 Å². The Morgan fingerprint density at radius 3 is 2.55 bits per heavy atom. The van der Waals surface area contributed by atoms with Crippen molar-refractivity contribution in [2.24, 2.45) is 0 Å². The molecule has 2 rings (SSSR count). The van der Waals surface area contributed by atoms with Gasteiger partial charge in [-0.3, -0.25) is 4.79 Å². The van der Waals surface area contributed by atoms with Gasteiger partial charge in [-0.2, -0.15) is 0 Å². The summed E-state index contributed by atoms with van der Waals surface area (Å²) in [6.45, 7) is 5.90. The minimum absolute atomic E-state index is 0.132. The zero-order valence-electron chi connectivity index (χ0n) is 13.0. The molecule has 1 atom stereocenters. The SMILES string of the molecule is CC[C@H](Oc1ccccc1C)C(=O)Nc1ccc(Br)c(C)c1. The van der Waals surface area contributed by atoms with Crippen molar-refractivity contribution in [3.63, 3.8) is 0 Å². The first-order valence-corrected chi connectivity index (χ1v) is 8.10. The molecule has 0 fully saturated rings. The maximum Gasteiger partial charge on any atom is 0.265 e. The van der Waals surface area contributed by atoms with Gasteiger partial charge < -0.3 is 10.1 Å². The van der Waals surface area contributed by atoms with Crippen LogP contribution in [0.5, 0.6) is 5.75 Å². The number of amides is 1. The molecule has 0 bridgehead atoms. The molecule has 0 radical (unpaired) electrons. The van der Waals surface area contributed by atoms with Gasteiger partial charge in [0.05, 0.1) is 0 Å². The molecular formula is C18H20BrNO2. The largest absolute Gasteiger partial charge is 0.480 e. The van der Waals surface area contributed by atoms with Gasteiger partial charge in [0.1, 0.15) is 5.75 Å². The van der Waals surface area contributed by atoms with Crippen LogP contribution >= 0.6 is 15.9 Å². The second-order valence-electron chi connectivity index (χ2n) is 5.23. The normalized spacial score (nSPS) is 11.8. The number of para-hydroxylation sites is 1. The Morgan fingerprint density at radius 1 is 1.18 bits per heavy atom. The molecule has 116 valence electrons. The highest BCUT2D eigenvalue weighted by molar-refractivity contribution is 9.10. The number of nitrogens with one attached hydrogen (secondary N) is 1. The van der Waals surface area contributed by atoms with Crippen LogP contribution in [0.15, 0.2) is 46.9 Å². The monoisotopic (exact) mass is 361 g/mol. The van der Waals surface area contributed by atoms with E-state index in [1.807, 2.05) is 63.2 Å². The van der Waals surface area contributed by atoms with Crippen LogP contribution in [0.3, 0.4) is 0 Å². The van der Waals surface area contributed by atoms with Gasteiger partial charge in [0.25, 0.3) is 5.91 Å². The van der Waals surface area contributed by atoms with Crippen molar-refractivity contribution in [3.8, 4) is 5.75 Å². The summed E-state index contributed by atoms with van der Waals surface area (Å²) >= 11 is 3.45. The molecule has 2 aromatic carbocycles. The van der Waals surface area contributed by atoms with Crippen LogP contribution in [0.4, 0.5) is 5.69 Å². The molecule has 1 amide bonds. The molecular weight excluding hydrogens is 342 g/mol. The van der Waals surface area contributed by atoms with E-state index < -0.39 is 6.10 Å². The van der Waals surface area contributed by atoms with Gasteiger partial charge >= 0.3 is 0 Å². The average Bonchev–Trinajstić information content (AvgIpc) is 2.50. The van der Waals surface area contributed by atoms with E-state index in [4.69, 9.17) is 4.74 Å². The van der Waals surface area contributed by atoms with Gasteiger partial charge in [0.15, 0.2) is 6.10 Å². The lowest BCUT2D eigenvalue weighted by Crippen LogP contribution is -2.32. The molecule has 0 unspecified atom stereocenters. The Hall–Kier alpha value is -1.81. The number of aryl methyl sites for hydroxylation is 2. The zero-order valence-corrected chi connectivity index (χ0v) is 14.6. The number of halogens is 1. The third-order valence-electron chi connectivity index (χ3n) is 3.45.